The van der Waals surface area contributed by atoms with E-state index in [0.29, 0.717) is 81.8 Å². The van der Waals surface area contributed by atoms with Gasteiger partial charge in [-0.2, -0.15) is 5.10 Å². The number of carbonyl (C=O) groups excluding carboxylic acids is 2. The van der Waals surface area contributed by atoms with E-state index in [9.17, 15) is 18.0 Å². The molecule has 3 saturated heterocycles. The summed E-state index contributed by atoms with van der Waals surface area (Å²) in [6, 6.07) is 6.81. The van der Waals surface area contributed by atoms with Crippen LogP contribution in [0.4, 0.5) is 0 Å². The van der Waals surface area contributed by atoms with Crippen molar-refractivity contribution in [3.05, 3.63) is 35.5 Å². The van der Waals surface area contributed by atoms with E-state index >= 15 is 0 Å². The summed E-state index contributed by atoms with van der Waals surface area (Å²) in [5.41, 5.74) is 1.93. The number of aromatic nitrogens is 2. The van der Waals surface area contributed by atoms with Crippen molar-refractivity contribution in [1.29, 1.82) is 0 Å². The highest BCUT2D eigenvalue weighted by molar-refractivity contribution is 7.90. The molecule has 10 nitrogen and oxygen atoms in total. The maximum Gasteiger partial charge on any atom is 0.274 e. The molecule has 0 radical (unpaired) electrons. The number of fused-ring (bicyclic) bond motifs is 3. The van der Waals surface area contributed by atoms with Crippen LogP contribution in [0, 0.1) is 5.92 Å². The number of hydrogen-bond acceptors (Lipinski definition) is 7. The van der Waals surface area contributed by atoms with Crippen molar-refractivity contribution in [3.8, 4) is 11.3 Å². The van der Waals surface area contributed by atoms with Gasteiger partial charge in [-0.1, -0.05) is 18.2 Å². The van der Waals surface area contributed by atoms with Gasteiger partial charge in [0.15, 0.2) is 15.5 Å². The van der Waals surface area contributed by atoms with Crippen LogP contribution in [0.25, 0.3) is 11.3 Å². The minimum absolute atomic E-state index is 0.142. The lowest BCUT2D eigenvalue weighted by molar-refractivity contribution is -0.134. The van der Waals surface area contributed by atoms with E-state index in [1.807, 2.05) is 15.6 Å². The molecule has 2 aromatic rings. The Labute approximate surface area is 222 Å². The Morgan fingerprint density at radius 2 is 1.68 bits per heavy atom. The van der Waals surface area contributed by atoms with Crippen molar-refractivity contribution in [3.63, 3.8) is 0 Å². The van der Waals surface area contributed by atoms with Crippen LogP contribution in [0.1, 0.15) is 54.2 Å². The number of likely N-dealkylation sites (tertiary alicyclic amines) is 1. The summed E-state index contributed by atoms with van der Waals surface area (Å²) in [7, 11) is -3.62. The minimum Gasteiger partial charge on any atom is -0.381 e. The van der Waals surface area contributed by atoms with Crippen LogP contribution in [0.3, 0.4) is 0 Å². The normalized spacial score (nSPS) is 23.5. The van der Waals surface area contributed by atoms with Gasteiger partial charge in [-0.25, -0.2) is 8.42 Å². The third kappa shape index (κ3) is 4.76. The topological polar surface area (TPSA) is 111 Å². The van der Waals surface area contributed by atoms with Crippen LogP contribution in [0.5, 0.6) is 0 Å². The number of sulfone groups is 1. The van der Waals surface area contributed by atoms with E-state index in [0.717, 1.165) is 25.7 Å². The molecule has 38 heavy (non-hydrogen) atoms. The predicted octanol–water partition coefficient (Wildman–Crippen LogP) is 2.29. The Balaban J connectivity index is 1.35. The summed E-state index contributed by atoms with van der Waals surface area (Å²) >= 11 is 0. The molecule has 6 rings (SSSR count). The molecule has 4 aliphatic heterocycles. The molecular weight excluding hydrogens is 508 g/mol. The van der Waals surface area contributed by atoms with E-state index in [2.05, 4.69) is 0 Å². The van der Waals surface area contributed by atoms with Gasteiger partial charge in [0.2, 0.25) is 5.91 Å². The number of carbonyl (C=O) groups is 2. The molecule has 0 spiro atoms. The summed E-state index contributed by atoms with van der Waals surface area (Å²) in [4.78, 5) is 30.7. The highest BCUT2D eigenvalue weighted by Gasteiger charge is 2.39. The fourth-order valence-electron chi connectivity index (χ4n) is 6.15. The van der Waals surface area contributed by atoms with Crippen molar-refractivity contribution < 1.29 is 27.5 Å². The van der Waals surface area contributed by atoms with Gasteiger partial charge in [0.25, 0.3) is 5.91 Å². The first kappa shape index (κ1) is 25.5. The fourth-order valence-corrected chi connectivity index (χ4v) is 7.75. The molecule has 3 fully saturated rings. The summed E-state index contributed by atoms with van der Waals surface area (Å²) < 4.78 is 39.2. The van der Waals surface area contributed by atoms with Crippen LogP contribution in [-0.4, -0.2) is 92.4 Å². The number of rotatable bonds is 4. The van der Waals surface area contributed by atoms with Gasteiger partial charge in [0.1, 0.15) is 0 Å². The zero-order valence-corrected chi connectivity index (χ0v) is 22.3. The molecule has 0 aliphatic carbocycles. The monoisotopic (exact) mass is 542 g/mol. The van der Waals surface area contributed by atoms with Crippen molar-refractivity contribution in [2.75, 3.05) is 52.6 Å². The largest absolute Gasteiger partial charge is 0.381 e. The molecule has 0 bridgehead atoms. The van der Waals surface area contributed by atoms with Crippen LogP contribution in [-0.2, 0) is 29.9 Å². The first-order valence-electron chi connectivity index (χ1n) is 13.6. The smallest absolute Gasteiger partial charge is 0.274 e. The highest BCUT2D eigenvalue weighted by Crippen LogP contribution is 2.42. The lowest BCUT2D eigenvalue weighted by Gasteiger charge is -2.35. The van der Waals surface area contributed by atoms with Crippen molar-refractivity contribution in [2.24, 2.45) is 5.92 Å². The molecular formula is C27H34N4O6S. The number of hydrogen-bond donors (Lipinski definition) is 0. The average molecular weight is 543 g/mol. The second-order valence-corrected chi connectivity index (χ2v) is 12.6. The van der Waals surface area contributed by atoms with E-state index in [4.69, 9.17) is 14.6 Å². The Morgan fingerprint density at radius 3 is 2.47 bits per heavy atom. The SMILES string of the molecule is O=C(CC1CCOCC1)N1CCCC(n2nc(C(=O)N3CCOCC3)c3c2-c2ccccc2S(=O)(=O)C3)C1. The summed E-state index contributed by atoms with van der Waals surface area (Å²) in [6.45, 7) is 4.40. The minimum atomic E-state index is -3.62. The molecule has 0 N–H and O–H groups in total. The Kier molecular flexibility index (Phi) is 7.00. The standard InChI is InChI=1S/C27H34N4O6S/c32-24(16-19-7-12-36-13-8-19)30-9-3-4-20(17-30)31-26-21-5-1-2-6-23(21)38(34,35)18-22(26)25(28-31)27(33)29-10-14-37-15-11-29/h1-2,5-6,19-20H,3-4,7-18H2. The first-order valence-corrected chi connectivity index (χ1v) is 15.2. The third-order valence-electron chi connectivity index (χ3n) is 8.22. The third-order valence-corrected chi connectivity index (χ3v) is 9.92. The Hall–Kier alpha value is -2.76. The molecule has 2 amide bonds. The van der Waals surface area contributed by atoms with Gasteiger partial charge in [0, 0.05) is 56.9 Å². The van der Waals surface area contributed by atoms with Gasteiger partial charge in [-0.3, -0.25) is 14.3 Å². The second-order valence-electron chi connectivity index (χ2n) is 10.7. The van der Waals surface area contributed by atoms with Crippen molar-refractivity contribution in [2.45, 2.75) is 48.8 Å². The summed E-state index contributed by atoms with van der Waals surface area (Å²) in [5.74, 6) is -0.0237. The van der Waals surface area contributed by atoms with Gasteiger partial charge >= 0.3 is 0 Å². The second kappa shape index (κ2) is 10.4. The van der Waals surface area contributed by atoms with Gasteiger partial charge in [0.05, 0.1) is 35.6 Å². The van der Waals surface area contributed by atoms with Gasteiger partial charge in [-0.05, 0) is 37.7 Å². The summed E-state index contributed by atoms with van der Waals surface area (Å²) in [6.07, 6.45) is 3.97. The predicted molar refractivity (Wildman–Crippen MR) is 138 cm³/mol. The van der Waals surface area contributed by atoms with Gasteiger partial charge in [-0.15, -0.1) is 0 Å². The zero-order chi connectivity index (χ0) is 26.3. The summed E-state index contributed by atoms with van der Waals surface area (Å²) in [5, 5.41) is 4.83. The Bertz CT molecular complexity index is 1330. The van der Waals surface area contributed by atoms with Gasteiger partial charge < -0.3 is 19.3 Å². The number of nitrogens with zero attached hydrogens (tertiary/aromatic N) is 4. The molecule has 1 aromatic heterocycles. The van der Waals surface area contributed by atoms with Crippen LogP contribution >= 0.6 is 0 Å². The number of morpholine rings is 1. The molecule has 4 aliphatic rings. The van der Waals surface area contributed by atoms with Crippen LogP contribution in [0.2, 0.25) is 0 Å². The maximum absolute atomic E-state index is 13.6. The van der Waals surface area contributed by atoms with Crippen LogP contribution in [0.15, 0.2) is 29.2 Å². The zero-order valence-electron chi connectivity index (χ0n) is 21.5. The molecule has 1 unspecified atom stereocenters. The fraction of sp³-hybridized carbons (Fsp3) is 0.593. The lowest BCUT2D eigenvalue weighted by Crippen LogP contribution is -2.42. The number of piperidine rings is 1. The van der Waals surface area contributed by atoms with E-state index in [1.165, 1.54) is 0 Å². The highest BCUT2D eigenvalue weighted by atomic mass is 32.2. The Morgan fingerprint density at radius 1 is 0.947 bits per heavy atom. The maximum atomic E-state index is 13.6. The quantitative estimate of drug-likeness (QED) is 0.583. The van der Waals surface area contributed by atoms with E-state index in [1.54, 1.807) is 23.1 Å². The molecule has 204 valence electrons. The lowest BCUT2D eigenvalue weighted by atomic mass is 9.95. The van der Waals surface area contributed by atoms with Crippen molar-refractivity contribution >= 4 is 21.7 Å². The molecule has 11 heteroatoms. The first-order chi connectivity index (χ1) is 18.4. The number of amides is 2. The average Bonchev–Trinajstić information content (AvgIpc) is 3.32. The molecule has 5 heterocycles. The van der Waals surface area contributed by atoms with E-state index in [-0.39, 0.29) is 34.2 Å². The van der Waals surface area contributed by atoms with Crippen LogP contribution < -0.4 is 0 Å². The van der Waals surface area contributed by atoms with E-state index < -0.39 is 9.84 Å². The number of ether oxygens (including phenoxy) is 2. The molecule has 1 aromatic carbocycles. The molecule has 0 saturated carbocycles. The molecule has 1 atom stereocenters. The van der Waals surface area contributed by atoms with Crippen molar-refractivity contribution in [1.82, 2.24) is 19.6 Å². The number of benzene rings is 1.